The SMILES string of the molecule is CC(=O)OCC12CC3CC(C1C)C3(CC(=O)C=C(C)C(N)=O)CO2. The number of carbonyl (C=O) groups is 3. The smallest absolute Gasteiger partial charge is 0.302 e. The second-order valence-corrected chi connectivity index (χ2v) is 7.73. The number of primary amides is 1. The first-order valence-electron chi connectivity index (χ1n) is 8.48. The highest BCUT2D eigenvalue weighted by atomic mass is 16.6. The maximum Gasteiger partial charge on any atom is 0.302 e. The molecule has 3 saturated carbocycles. The van der Waals surface area contributed by atoms with Crippen molar-refractivity contribution in [3.05, 3.63) is 11.6 Å². The van der Waals surface area contributed by atoms with Gasteiger partial charge in [-0.05, 0) is 43.6 Å². The van der Waals surface area contributed by atoms with Gasteiger partial charge < -0.3 is 15.2 Å². The fourth-order valence-electron chi connectivity index (χ4n) is 5.04. The Morgan fingerprint density at radius 2 is 2.04 bits per heavy atom. The third-order valence-corrected chi connectivity index (χ3v) is 6.53. The molecule has 6 heteroatoms. The normalized spacial score (nSPS) is 40.0. The molecule has 0 aromatic heterocycles. The molecule has 5 unspecified atom stereocenters. The molecule has 5 rings (SSSR count). The number of hydrogen-bond acceptors (Lipinski definition) is 5. The van der Waals surface area contributed by atoms with Crippen molar-refractivity contribution in [2.75, 3.05) is 13.2 Å². The molecular formula is C18H25NO5. The highest BCUT2D eigenvalue weighted by Gasteiger charge is 2.70. The van der Waals surface area contributed by atoms with E-state index in [9.17, 15) is 14.4 Å². The third kappa shape index (κ3) is 2.48. The van der Waals surface area contributed by atoms with Crippen molar-refractivity contribution in [3.8, 4) is 0 Å². The van der Waals surface area contributed by atoms with Crippen molar-refractivity contribution in [3.63, 3.8) is 0 Å². The summed E-state index contributed by atoms with van der Waals surface area (Å²) in [5, 5.41) is 0. The van der Waals surface area contributed by atoms with E-state index in [1.165, 1.54) is 13.0 Å². The standard InChI is InChI=1S/C18H25NO5/c1-10(16(19)22)4-14(21)7-17-8-24-18(9-23-12(3)20)6-13(17)5-15(17)11(18)2/h4,11,13,15H,5-9H2,1-3H3,(H2,19,22). The van der Waals surface area contributed by atoms with E-state index in [2.05, 4.69) is 6.92 Å². The number of amides is 1. The molecule has 24 heavy (non-hydrogen) atoms. The molecule has 6 nitrogen and oxygen atoms in total. The van der Waals surface area contributed by atoms with Gasteiger partial charge in [-0.2, -0.15) is 0 Å². The number of hydrogen-bond donors (Lipinski definition) is 1. The maximum atomic E-state index is 12.4. The molecule has 4 bridgehead atoms. The summed E-state index contributed by atoms with van der Waals surface area (Å²) in [5.41, 5.74) is 4.95. The van der Waals surface area contributed by atoms with Crippen LogP contribution in [0.25, 0.3) is 0 Å². The molecule has 2 aliphatic heterocycles. The lowest BCUT2D eigenvalue weighted by molar-refractivity contribution is -0.331. The molecule has 0 radical (unpaired) electrons. The van der Waals surface area contributed by atoms with E-state index in [1.54, 1.807) is 6.92 Å². The fourth-order valence-corrected chi connectivity index (χ4v) is 5.04. The van der Waals surface area contributed by atoms with Crippen LogP contribution in [-0.2, 0) is 23.9 Å². The van der Waals surface area contributed by atoms with Crippen LogP contribution in [0.15, 0.2) is 11.6 Å². The minimum Gasteiger partial charge on any atom is -0.463 e. The molecule has 132 valence electrons. The van der Waals surface area contributed by atoms with Crippen LogP contribution in [0.5, 0.6) is 0 Å². The van der Waals surface area contributed by atoms with Gasteiger partial charge in [0.15, 0.2) is 5.78 Å². The summed E-state index contributed by atoms with van der Waals surface area (Å²) in [7, 11) is 0. The number of esters is 1. The molecular weight excluding hydrogens is 310 g/mol. The Kier molecular flexibility index (Phi) is 4.06. The zero-order chi connectivity index (χ0) is 17.7. The first-order chi connectivity index (χ1) is 11.2. The Hall–Kier alpha value is -1.69. The van der Waals surface area contributed by atoms with Gasteiger partial charge in [-0.15, -0.1) is 0 Å². The van der Waals surface area contributed by atoms with Crippen LogP contribution in [0.1, 0.15) is 40.0 Å². The maximum absolute atomic E-state index is 12.4. The van der Waals surface area contributed by atoms with Crippen LogP contribution in [0.2, 0.25) is 0 Å². The summed E-state index contributed by atoms with van der Waals surface area (Å²) in [6, 6.07) is 0. The minimum atomic E-state index is -0.566. The Morgan fingerprint density at radius 1 is 1.33 bits per heavy atom. The summed E-state index contributed by atoms with van der Waals surface area (Å²) in [4.78, 5) is 34.6. The molecule has 2 heterocycles. The number of ketones is 1. The number of rotatable bonds is 6. The van der Waals surface area contributed by atoms with E-state index in [1.807, 2.05) is 0 Å². The predicted octanol–water partition coefficient (Wildman–Crippen LogP) is 1.37. The molecule has 0 spiro atoms. The Bertz CT molecular complexity index is 627. The molecule has 5 aliphatic rings. The van der Waals surface area contributed by atoms with Gasteiger partial charge >= 0.3 is 5.97 Å². The van der Waals surface area contributed by atoms with Gasteiger partial charge in [0.1, 0.15) is 12.2 Å². The van der Waals surface area contributed by atoms with Crippen LogP contribution in [-0.4, -0.2) is 36.5 Å². The van der Waals surface area contributed by atoms with Gasteiger partial charge in [0.2, 0.25) is 5.91 Å². The van der Waals surface area contributed by atoms with Crippen molar-refractivity contribution in [2.45, 2.75) is 45.6 Å². The molecule has 5 fully saturated rings. The van der Waals surface area contributed by atoms with Crippen molar-refractivity contribution < 1.29 is 23.9 Å². The summed E-state index contributed by atoms with van der Waals surface area (Å²) in [6.07, 6.45) is 3.67. The summed E-state index contributed by atoms with van der Waals surface area (Å²) in [6.45, 7) is 5.91. The van der Waals surface area contributed by atoms with Crippen LogP contribution < -0.4 is 5.73 Å². The van der Waals surface area contributed by atoms with E-state index in [-0.39, 0.29) is 28.7 Å². The summed E-state index contributed by atoms with van der Waals surface area (Å²) in [5.74, 6) is 0.124. The highest BCUT2D eigenvalue weighted by Crippen LogP contribution is 2.70. The predicted molar refractivity (Wildman–Crippen MR) is 85.7 cm³/mol. The number of fused-ring (bicyclic) bond motifs is 1. The quantitative estimate of drug-likeness (QED) is 0.584. The van der Waals surface area contributed by atoms with Crippen LogP contribution in [0, 0.1) is 23.2 Å². The second-order valence-electron chi connectivity index (χ2n) is 7.73. The van der Waals surface area contributed by atoms with Gasteiger partial charge in [-0.3, -0.25) is 14.4 Å². The monoisotopic (exact) mass is 335 g/mol. The Balaban J connectivity index is 1.73. The number of allylic oxidation sites excluding steroid dienone is 1. The zero-order valence-corrected chi connectivity index (χ0v) is 14.5. The second kappa shape index (κ2) is 5.69. The largest absolute Gasteiger partial charge is 0.463 e. The number of ether oxygens (including phenoxy) is 2. The van der Waals surface area contributed by atoms with Crippen molar-refractivity contribution in [2.24, 2.45) is 28.9 Å². The van der Waals surface area contributed by atoms with Crippen LogP contribution >= 0.6 is 0 Å². The number of nitrogens with two attached hydrogens (primary N) is 1. The lowest BCUT2D eigenvalue weighted by atomic mass is 9.38. The molecule has 2 saturated heterocycles. The highest BCUT2D eigenvalue weighted by molar-refractivity contribution is 6.00. The van der Waals surface area contributed by atoms with Crippen molar-refractivity contribution in [1.82, 2.24) is 0 Å². The molecule has 3 aliphatic carbocycles. The van der Waals surface area contributed by atoms with E-state index < -0.39 is 11.5 Å². The summed E-state index contributed by atoms with van der Waals surface area (Å²) >= 11 is 0. The first kappa shape index (κ1) is 17.1. The molecule has 2 N–H and O–H groups in total. The zero-order valence-electron chi connectivity index (χ0n) is 14.5. The summed E-state index contributed by atoms with van der Waals surface area (Å²) < 4.78 is 11.4. The van der Waals surface area contributed by atoms with Crippen LogP contribution in [0.3, 0.4) is 0 Å². The lowest BCUT2D eigenvalue weighted by Gasteiger charge is -2.72. The molecule has 0 aromatic rings. The van der Waals surface area contributed by atoms with Crippen LogP contribution in [0.4, 0.5) is 0 Å². The molecule has 1 amide bonds. The van der Waals surface area contributed by atoms with Gasteiger partial charge in [-0.25, -0.2) is 0 Å². The minimum absolute atomic E-state index is 0.0637. The van der Waals surface area contributed by atoms with Crippen molar-refractivity contribution in [1.29, 1.82) is 0 Å². The lowest BCUT2D eigenvalue weighted by Crippen LogP contribution is -2.73. The Morgan fingerprint density at radius 3 is 2.58 bits per heavy atom. The van der Waals surface area contributed by atoms with Crippen molar-refractivity contribution >= 4 is 17.7 Å². The van der Waals surface area contributed by atoms with E-state index in [0.29, 0.717) is 31.5 Å². The number of carbonyl (C=O) groups excluding carboxylic acids is 3. The first-order valence-corrected chi connectivity index (χ1v) is 8.48. The molecule has 0 aromatic carbocycles. The van der Waals surface area contributed by atoms with E-state index in [0.717, 1.165) is 12.8 Å². The van der Waals surface area contributed by atoms with Gasteiger partial charge in [0, 0.05) is 24.3 Å². The average Bonchev–Trinajstić information content (AvgIpc) is 2.49. The van der Waals surface area contributed by atoms with E-state index >= 15 is 0 Å². The van der Waals surface area contributed by atoms with Gasteiger partial charge in [0.25, 0.3) is 0 Å². The topological polar surface area (TPSA) is 95.7 Å². The van der Waals surface area contributed by atoms with Gasteiger partial charge in [-0.1, -0.05) is 6.92 Å². The molecule has 5 atom stereocenters. The Labute approximate surface area is 141 Å². The third-order valence-electron chi connectivity index (χ3n) is 6.53. The average molecular weight is 335 g/mol. The fraction of sp³-hybridized carbons (Fsp3) is 0.722. The van der Waals surface area contributed by atoms with Gasteiger partial charge in [0.05, 0.1) is 6.61 Å². The van der Waals surface area contributed by atoms with E-state index in [4.69, 9.17) is 15.2 Å².